The topological polar surface area (TPSA) is 66.6 Å². The van der Waals surface area contributed by atoms with E-state index in [0.29, 0.717) is 11.1 Å². The summed E-state index contributed by atoms with van der Waals surface area (Å²) in [6.45, 7) is 5.39. The van der Waals surface area contributed by atoms with Crippen molar-refractivity contribution in [1.29, 1.82) is 0 Å². The van der Waals surface area contributed by atoms with Crippen LogP contribution in [0.3, 0.4) is 0 Å². The summed E-state index contributed by atoms with van der Waals surface area (Å²) in [7, 11) is 0. The first-order chi connectivity index (χ1) is 14.1. The average molecular weight is 398 g/mol. The number of primary amides is 1. The molecule has 0 spiro atoms. The molecule has 4 rings (SSSR count). The van der Waals surface area contributed by atoms with E-state index in [9.17, 15) is 9.59 Å². The molecule has 1 atom stereocenters. The van der Waals surface area contributed by atoms with Crippen LogP contribution in [0.2, 0.25) is 0 Å². The van der Waals surface area contributed by atoms with Crippen LogP contribution in [0.5, 0.6) is 0 Å². The molecule has 1 saturated heterocycles. The van der Waals surface area contributed by atoms with E-state index in [1.165, 1.54) is 51.5 Å². The Morgan fingerprint density at radius 2 is 1.83 bits per heavy atom. The fraction of sp³-hybridized carbons (Fsp3) is 0.667. The molecule has 2 N–H and O–H groups in total. The number of fused-ring (bicyclic) bond motifs is 1. The number of nitrogens with zero attached hydrogens (tertiary/aromatic N) is 2. The smallest absolute Gasteiger partial charge is 0.255 e. The molecule has 1 aliphatic carbocycles. The zero-order chi connectivity index (χ0) is 20.4. The number of hydrogen-bond acceptors (Lipinski definition) is 3. The standard InChI is InChI=1S/C24H35N3O2/c1-17-20-10-5-11-21(23(25)28)22(20)24(29)27(17)19-12-15-26(16-13-19)14-6-9-18-7-3-2-4-8-18/h5,10-11,17-19H,2-4,6-9,12-16H2,1H3,(H2,25,28). The van der Waals surface area contributed by atoms with Crippen LogP contribution < -0.4 is 5.73 Å². The van der Waals surface area contributed by atoms with Gasteiger partial charge in [-0.1, -0.05) is 44.2 Å². The van der Waals surface area contributed by atoms with Gasteiger partial charge in [0, 0.05) is 19.1 Å². The Labute approximate surface area is 174 Å². The Kier molecular flexibility index (Phi) is 6.23. The molecule has 2 aliphatic heterocycles. The van der Waals surface area contributed by atoms with Crippen LogP contribution in [0.1, 0.15) is 97.0 Å². The number of piperidine rings is 1. The third kappa shape index (κ3) is 4.20. The van der Waals surface area contributed by atoms with Crippen molar-refractivity contribution in [3.05, 3.63) is 34.9 Å². The van der Waals surface area contributed by atoms with Crippen LogP contribution in [0.25, 0.3) is 0 Å². The molecule has 158 valence electrons. The second-order valence-electron chi connectivity index (χ2n) is 9.24. The Bertz CT molecular complexity index is 748. The fourth-order valence-electron chi connectivity index (χ4n) is 5.80. The third-order valence-electron chi connectivity index (χ3n) is 7.44. The van der Waals surface area contributed by atoms with Gasteiger partial charge in [-0.2, -0.15) is 0 Å². The summed E-state index contributed by atoms with van der Waals surface area (Å²) in [5.41, 5.74) is 7.36. The van der Waals surface area contributed by atoms with Crippen molar-refractivity contribution in [3.63, 3.8) is 0 Å². The van der Waals surface area contributed by atoms with E-state index >= 15 is 0 Å². The van der Waals surface area contributed by atoms with Gasteiger partial charge >= 0.3 is 0 Å². The van der Waals surface area contributed by atoms with Gasteiger partial charge in [-0.25, -0.2) is 0 Å². The summed E-state index contributed by atoms with van der Waals surface area (Å²) in [5, 5.41) is 0. The summed E-state index contributed by atoms with van der Waals surface area (Å²) in [6, 6.07) is 5.73. The SMILES string of the molecule is CC1c2cccc(C(N)=O)c2C(=O)N1C1CCN(CCCC2CCCCC2)CC1. The number of hydrogen-bond donors (Lipinski definition) is 1. The zero-order valence-corrected chi connectivity index (χ0v) is 17.7. The molecule has 2 fully saturated rings. The van der Waals surface area contributed by atoms with E-state index in [4.69, 9.17) is 5.73 Å². The number of carbonyl (C=O) groups excluding carboxylic acids is 2. The van der Waals surface area contributed by atoms with E-state index in [2.05, 4.69) is 11.8 Å². The summed E-state index contributed by atoms with van der Waals surface area (Å²) in [5.74, 6) is 0.428. The summed E-state index contributed by atoms with van der Waals surface area (Å²) in [4.78, 5) is 29.5. The second-order valence-corrected chi connectivity index (χ2v) is 9.24. The van der Waals surface area contributed by atoms with E-state index in [1.54, 1.807) is 6.07 Å². The highest BCUT2D eigenvalue weighted by Crippen LogP contribution is 2.38. The Morgan fingerprint density at radius 1 is 1.10 bits per heavy atom. The molecule has 3 aliphatic rings. The molecule has 1 unspecified atom stereocenters. The summed E-state index contributed by atoms with van der Waals surface area (Å²) >= 11 is 0. The van der Waals surface area contributed by atoms with Crippen LogP contribution in [0.15, 0.2) is 18.2 Å². The number of rotatable bonds is 6. The third-order valence-corrected chi connectivity index (χ3v) is 7.44. The summed E-state index contributed by atoms with van der Waals surface area (Å²) in [6.07, 6.45) is 11.9. The lowest BCUT2D eigenvalue weighted by atomic mass is 9.86. The first-order valence-electron chi connectivity index (χ1n) is 11.5. The number of benzene rings is 1. The maximum absolute atomic E-state index is 13.2. The van der Waals surface area contributed by atoms with Gasteiger partial charge in [0.2, 0.25) is 5.91 Å². The molecular formula is C24H35N3O2. The van der Waals surface area contributed by atoms with Gasteiger partial charge in [0.05, 0.1) is 17.2 Å². The normalized spacial score (nSPS) is 24.1. The molecule has 0 aromatic heterocycles. The lowest BCUT2D eigenvalue weighted by Gasteiger charge is -2.39. The van der Waals surface area contributed by atoms with Crippen molar-refractivity contribution in [2.45, 2.75) is 76.8 Å². The van der Waals surface area contributed by atoms with Gasteiger partial charge in [-0.05, 0) is 56.7 Å². The van der Waals surface area contributed by atoms with Crippen molar-refractivity contribution in [2.24, 2.45) is 11.7 Å². The Balaban J connectivity index is 1.31. The lowest BCUT2D eigenvalue weighted by molar-refractivity contribution is 0.0515. The van der Waals surface area contributed by atoms with Crippen molar-refractivity contribution in [2.75, 3.05) is 19.6 Å². The first-order valence-corrected chi connectivity index (χ1v) is 11.5. The lowest BCUT2D eigenvalue weighted by Crippen LogP contribution is -2.46. The predicted octanol–water partition coefficient (Wildman–Crippen LogP) is 4.13. The predicted molar refractivity (Wildman–Crippen MR) is 115 cm³/mol. The van der Waals surface area contributed by atoms with E-state index in [0.717, 1.165) is 37.4 Å². The largest absolute Gasteiger partial charge is 0.366 e. The first kappa shape index (κ1) is 20.4. The maximum atomic E-state index is 13.2. The van der Waals surface area contributed by atoms with E-state index in [1.807, 2.05) is 17.0 Å². The number of carbonyl (C=O) groups is 2. The minimum absolute atomic E-state index is 0.0136. The highest BCUT2D eigenvalue weighted by molar-refractivity contribution is 6.09. The molecule has 29 heavy (non-hydrogen) atoms. The highest BCUT2D eigenvalue weighted by Gasteiger charge is 2.41. The number of likely N-dealkylation sites (tertiary alicyclic amines) is 1. The van der Waals surface area contributed by atoms with Crippen LogP contribution in [-0.2, 0) is 0 Å². The highest BCUT2D eigenvalue weighted by atomic mass is 16.2. The van der Waals surface area contributed by atoms with Crippen LogP contribution in [0, 0.1) is 5.92 Å². The van der Waals surface area contributed by atoms with Crippen LogP contribution in [0.4, 0.5) is 0 Å². The van der Waals surface area contributed by atoms with Gasteiger partial charge in [-0.3, -0.25) is 9.59 Å². The molecule has 5 nitrogen and oxygen atoms in total. The number of nitrogens with two attached hydrogens (primary N) is 1. The number of amides is 2. The molecule has 1 aromatic rings. The van der Waals surface area contributed by atoms with E-state index in [-0.39, 0.29) is 18.0 Å². The Hall–Kier alpha value is -1.88. The van der Waals surface area contributed by atoms with Gasteiger partial charge in [-0.15, -0.1) is 0 Å². The van der Waals surface area contributed by atoms with Gasteiger partial charge in [0.25, 0.3) is 5.91 Å². The van der Waals surface area contributed by atoms with Gasteiger partial charge < -0.3 is 15.5 Å². The average Bonchev–Trinajstić information content (AvgIpc) is 3.00. The monoisotopic (exact) mass is 397 g/mol. The molecule has 1 saturated carbocycles. The molecule has 2 heterocycles. The van der Waals surface area contributed by atoms with Crippen molar-refractivity contribution in [1.82, 2.24) is 9.80 Å². The van der Waals surface area contributed by atoms with Crippen molar-refractivity contribution in [3.8, 4) is 0 Å². The zero-order valence-electron chi connectivity index (χ0n) is 17.7. The molecule has 0 radical (unpaired) electrons. The summed E-state index contributed by atoms with van der Waals surface area (Å²) < 4.78 is 0. The molecule has 0 bridgehead atoms. The molecule has 1 aromatic carbocycles. The van der Waals surface area contributed by atoms with Crippen LogP contribution >= 0.6 is 0 Å². The minimum Gasteiger partial charge on any atom is -0.366 e. The molecular weight excluding hydrogens is 362 g/mol. The molecule has 2 amide bonds. The fourth-order valence-corrected chi connectivity index (χ4v) is 5.80. The van der Waals surface area contributed by atoms with Crippen molar-refractivity contribution >= 4 is 11.8 Å². The van der Waals surface area contributed by atoms with Gasteiger partial charge in [0.1, 0.15) is 0 Å². The van der Waals surface area contributed by atoms with Crippen LogP contribution in [-0.4, -0.2) is 47.3 Å². The van der Waals surface area contributed by atoms with Crippen molar-refractivity contribution < 1.29 is 9.59 Å². The Morgan fingerprint density at radius 3 is 2.52 bits per heavy atom. The second kappa shape index (κ2) is 8.86. The molecule has 5 heteroatoms. The van der Waals surface area contributed by atoms with E-state index < -0.39 is 5.91 Å². The minimum atomic E-state index is -0.517. The van der Waals surface area contributed by atoms with Gasteiger partial charge in [0.15, 0.2) is 0 Å². The maximum Gasteiger partial charge on any atom is 0.255 e. The quantitative estimate of drug-likeness (QED) is 0.785.